The van der Waals surface area contributed by atoms with E-state index in [-0.39, 0.29) is 28.9 Å². The molecule has 0 unspecified atom stereocenters. The number of methoxy groups -OCH3 is 1. The molecule has 2 aliphatic carbocycles. The second-order valence-electron chi connectivity index (χ2n) is 9.69. The average molecular weight is 409 g/mol. The lowest BCUT2D eigenvalue weighted by Gasteiger charge is -2.46. The van der Waals surface area contributed by atoms with Crippen LogP contribution in [0.1, 0.15) is 40.0 Å². The minimum absolute atomic E-state index is 0.0121. The second-order valence-corrected chi connectivity index (χ2v) is 13.9. The summed E-state index contributed by atoms with van der Waals surface area (Å²) in [5, 5.41) is 2.56. The van der Waals surface area contributed by atoms with Gasteiger partial charge in [0.2, 0.25) is 0 Å². The molecule has 2 bridgehead atoms. The molecule has 0 heterocycles. The lowest BCUT2D eigenvalue weighted by molar-refractivity contribution is -0.148. The van der Waals surface area contributed by atoms with Crippen molar-refractivity contribution in [2.75, 3.05) is 7.11 Å². The van der Waals surface area contributed by atoms with Crippen molar-refractivity contribution in [1.29, 1.82) is 0 Å². The van der Waals surface area contributed by atoms with Crippen LogP contribution in [0.2, 0.25) is 5.04 Å². The molecule has 154 valence electrons. The van der Waals surface area contributed by atoms with Crippen molar-refractivity contribution in [3.63, 3.8) is 0 Å². The Morgan fingerprint density at radius 2 is 1.45 bits per heavy atom. The Labute approximate surface area is 175 Å². The number of carbonyl (C=O) groups is 1. The van der Waals surface area contributed by atoms with Crippen LogP contribution in [0.15, 0.2) is 60.7 Å². The lowest BCUT2D eigenvalue weighted by Crippen LogP contribution is -2.68. The Hall–Kier alpha value is -1.91. The number of carbonyl (C=O) groups excluding carboxylic acids is 1. The molecule has 29 heavy (non-hydrogen) atoms. The Kier molecular flexibility index (Phi) is 5.43. The quantitative estimate of drug-likeness (QED) is 0.551. The van der Waals surface area contributed by atoms with Crippen molar-refractivity contribution < 1.29 is 14.0 Å². The van der Waals surface area contributed by atoms with Gasteiger partial charge in [-0.1, -0.05) is 81.4 Å². The molecule has 0 amide bonds. The molecule has 4 heteroatoms. The van der Waals surface area contributed by atoms with E-state index in [1.807, 2.05) is 0 Å². The van der Waals surface area contributed by atoms with Crippen LogP contribution in [0, 0.1) is 17.8 Å². The van der Waals surface area contributed by atoms with Gasteiger partial charge in [0.1, 0.15) is 0 Å². The monoisotopic (exact) mass is 408 g/mol. The van der Waals surface area contributed by atoms with Gasteiger partial charge < -0.3 is 9.16 Å². The molecule has 0 saturated heterocycles. The van der Waals surface area contributed by atoms with Crippen LogP contribution in [-0.4, -0.2) is 27.5 Å². The van der Waals surface area contributed by atoms with Crippen LogP contribution in [0.4, 0.5) is 0 Å². The predicted molar refractivity (Wildman–Crippen MR) is 119 cm³/mol. The van der Waals surface area contributed by atoms with Gasteiger partial charge in [0.05, 0.1) is 13.0 Å². The van der Waals surface area contributed by atoms with Crippen molar-refractivity contribution >= 4 is 24.7 Å². The molecule has 2 aliphatic rings. The highest BCUT2D eigenvalue weighted by Gasteiger charge is 2.57. The zero-order valence-corrected chi connectivity index (χ0v) is 18.9. The SMILES string of the molecule is COC(=O)[C@@H]1C[C@H]2C[C@@H]1[C@H](O[Si](c1ccccc1)(c1ccccc1)C(C)(C)C)C2. The number of rotatable bonds is 5. The lowest BCUT2D eigenvalue weighted by atomic mass is 9.87. The van der Waals surface area contributed by atoms with Crippen LogP contribution in [0.3, 0.4) is 0 Å². The topological polar surface area (TPSA) is 35.5 Å². The van der Waals surface area contributed by atoms with E-state index < -0.39 is 8.32 Å². The number of fused-ring (bicyclic) bond motifs is 2. The van der Waals surface area contributed by atoms with E-state index in [4.69, 9.17) is 9.16 Å². The Morgan fingerprint density at radius 1 is 0.897 bits per heavy atom. The molecular formula is C25H32O3Si. The highest BCUT2D eigenvalue weighted by atomic mass is 28.4. The van der Waals surface area contributed by atoms with Gasteiger partial charge in [-0.05, 0) is 46.5 Å². The van der Waals surface area contributed by atoms with E-state index in [9.17, 15) is 4.79 Å². The molecule has 0 N–H and O–H groups in total. The molecule has 0 aliphatic heterocycles. The maximum absolute atomic E-state index is 12.4. The number of ether oxygens (including phenoxy) is 1. The molecule has 0 spiro atoms. The van der Waals surface area contributed by atoms with Crippen LogP contribution in [-0.2, 0) is 14.0 Å². The second kappa shape index (κ2) is 7.73. The summed E-state index contributed by atoms with van der Waals surface area (Å²) in [6, 6.07) is 21.5. The van der Waals surface area contributed by atoms with Crippen molar-refractivity contribution in [2.45, 2.75) is 51.2 Å². The summed E-state index contributed by atoms with van der Waals surface area (Å²) in [5.41, 5.74) is 0. The third-order valence-corrected chi connectivity index (χ3v) is 12.1. The molecule has 2 aromatic rings. The van der Waals surface area contributed by atoms with Crippen molar-refractivity contribution in [2.24, 2.45) is 17.8 Å². The van der Waals surface area contributed by atoms with Crippen LogP contribution < -0.4 is 10.4 Å². The summed E-state index contributed by atoms with van der Waals surface area (Å²) >= 11 is 0. The average Bonchev–Trinajstić information content (AvgIpc) is 3.32. The summed E-state index contributed by atoms with van der Waals surface area (Å²) in [5.74, 6) is 0.775. The molecule has 2 saturated carbocycles. The van der Waals surface area contributed by atoms with Crippen LogP contribution >= 0.6 is 0 Å². The standard InChI is InChI=1S/C25H32O3Si/c1-25(2,3)29(19-11-7-5-8-12-19,20-13-9-6-10-14-20)28-23-17-18-15-21(23)22(16-18)24(26)27-4/h5-14,18,21-23H,15-17H2,1-4H3/t18-,21+,22-,23-/m1/s1. The molecular weight excluding hydrogens is 376 g/mol. The van der Waals surface area contributed by atoms with E-state index in [0.717, 1.165) is 19.3 Å². The fourth-order valence-electron chi connectivity index (χ4n) is 5.76. The van der Waals surface area contributed by atoms with Gasteiger partial charge in [-0.25, -0.2) is 0 Å². The Bertz CT molecular complexity index is 804. The first-order valence-corrected chi connectivity index (χ1v) is 12.6. The van der Waals surface area contributed by atoms with Crippen molar-refractivity contribution in [3.8, 4) is 0 Å². The molecule has 4 atom stereocenters. The maximum Gasteiger partial charge on any atom is 0.309 e. The van der Waals surface area contributed by atoms with E-state index in [1.165, 1.54) is 17.5 Å². The Balaban J connectivity index is 1.79. The first-order chi connectivity index (χ1) is 13.9. The molecule has 2 aromatic carbocycles. The zero-order chi connectivity index (χ0) is 20.6. The summed E-state index contributed by atoms with van der Waals surface area (Å²) < 4.78 is 12.4. The van der Waals surface area contributed by atoms with Crippen molar-refractivity contribution in [3.05, 3.63) is 60.7 Å². The molecule has 3 nitrogen and oxygen atoms in total. The highest BCUT2D eigenvalue weighted by molar-refractivity contribution is 6.99. The van der Waals surface area contributed by atoms with Gasteiger partial charge >= 0.3 is 5.97 Å². The van der Waals surface area contributed by atoms with Gasteiger partial charge in [-0.2, -0.15) is 0 Å². The molecule has 2 fully saturated rings. The molecule has 0 aromatic heterocycles. The van der Waals surface area contributed by atoms with Gasteiger partial charge in [0.15, 0.2) is 0 Å². The van der Waals surface area contributed by atoms with Crippen LogP contribution in [0.5, 0.6) is 0 Å². The van der Waals surface area contributed by atoms with Crippen LogP contribution in [0.25, 0.3) is 0 Å². The number of esters is 1. The van der Waals surface area contributed by atoms with Gasteiger partial charge in [0, 0.05) is 6.10 Å². The predicted octanol–water partition coefficient (Wildman–Crippen LogP) is 4.15. The fraction of sp³-hybridized carbons (Fsp3) is 0.480. The van der Waals surface area contributed by atoms with Gasteiger partial charge in [-0.3, -0.25) is 4.79 Å². The maximum atomic E-state index is 12.4. The minimum Gasteiger partial charge on any atom is -0.469 e. The number of hydrogen-bond donors (Lipinski definition) is 0. The fourth-order valence-corrected chi connectivity index (χ4v) is 10.5. The zero-order valence-electron chi connectivity index (χ0n) is 17.9. The van der Waals surface area contributed by atoms with Gasteiger partial charge in [-0.15, -0.1) is 0 Å². The van der Waals surface area contributed by atoms with E-state index in [0.29, 0.717) is 5.92 Å². The largest absolute Gasteiger partial charge is 0.469 e. The van der Waals surface area contributed by atoms with E-state index >= 15 is 0 Å². The summed E-state index contributed by atoms with van der Waals surface area (Å²) in [6.07, 6.45) is 3.22. The first kappa shape index (κ1) is 20.4. The van der Waals surface area contributed by atoms with E-state index in [1.54, 1.807) is 0 Å². The summed E-state index contributed by atoms with van der Waals surface area (Å²) in [6.45, 7) is 6.93. The minimum atomic E-state index is -2.58. The smallest absolute Gasteiger partial charge is 0.309 e. The Morgan fingerprint density at radius 3 is 1.90 bits per heavy atom. The van der Waals surface area contributed by atoms with Crippen molar-refractivity contribution in [1.82, 2.24) is 0 Å². The highest BCUT2D eigenvalue weighted by Crippen LogP contribution is 2.52. The summed E-state index contributed by atoms with van der Waals surface area (Å²) in [7, 11) is -1.07. The summed E-state index contributed by atoms with van der Waals surface area (Å²) in [4.78, 5) is 12.4. The third-order valence-electron chi connectivity index (χ3n) is 7.00. The first-order valence-electron chi connectivity index (χ1n) is 10.7. The normalized spacial score (nSPS) is 26.5. The number of benzene rings is 2. The third kappa shape index (κ3) is 3.47. The molecule has 4 rings (SSSR count). The molecule has 0 radical (unpaired) electrons. The number of hydrogen-bond acceptors (Lipinski definition) is 3. The van der Waals surface area contributed by atoms with Gasteiger partial charge in [0.25, 0.3) is 8.32 Å². The van der Waals surface area contributed by atoms with E-state index in [2.05, 4.69) is 81.4 Å².